The van der Waals surface area contributed by atoms with Crippen LogP contribution in [0.3, 0.4) is 0 Å². The number of ether oxygens (including phenoxy) is 1. The lowest BCUT2D eigenvalue weighted by atomic mass is 10.1. The zero-order valence-electron chi connectivity index (χ0n) is 17.8. The highest BCUT2D eigenvalue weighted by Gasteiger charge is 2.03. The summed E-state index contributed by atoms with van der Waals surface area (Å²) < 4.78 is 10.5. The van der Waals surface area contributed by atoms with E-state index >= 15 is 0 Å². The monoisotopic (exact) mass is 392 g/mol. The standard InChI is InChI=1S/C24H40O4/c1-2-3-4-5-6-7-8-9-10-11-12-13-14-15-16-17-18-27-24-21-28-22(20-25)19-23(24)26/h9-10,19,21,25H,2-8,11-18,20H2,1H3/b10-9-. The minimum absolute atomic E-state index is 0.227. The Balaban J connectivity index is 1.86. The SMILES string of the molecule is CCCCCCCC/C=C\CCCCCCCCOc1coc(CO)cc1=O. The first kappa shape index (κ1) is 24.5. The summed E-state index contributed by atoms with van der Waals surface area (Å²) in [5, 5.41) is 8.91. The van der Waals surface area contributed by atoms with Crippen molar-refractivity contribution in [3.63, 3.8) is 0 Å². The smallest absolute Gasteiger partial charge is 0.227 e. The lowest BCUT2D eigenvalue weighted by Gasteiger charge is -2.05. The molecule has 0 aliphatic rings. The molecule has 0 saturated heterocycles. The Morgan fingerprint density at radius 3 is 2.04 bits per heavy atom. The molecule has 1 heterocycles. The van der Waals surface area contributed by atoms with Gasteiger partial charge in [0, 0.05) is 6.07 Å². The largest absolute Gasteiger partial charge is 0.487 e. The second-order valence-corrected chi connectivity index (χ2v) is 7.52. The second kappa shape index (κ2) is 17.5. The number of hydrogen-bond donors (Lipinski definition) is 1. The Bertz CT molecular complexity index is 562. The van der Waals surface area contributed by atoms with Gasteiger partial charge < -0.3 is 14.3 Å². The van der Waals surface area contributed by atoms with Crippen LogP contribution in [-0.4, -0.2) is 11.7 Å². The van der Waals surface area contributed by atoms with Crippen molar-refractivity contribution >= 4 is 0 Å². The zero-order chi connectivity index (χ0) is 20.3. The van der Waals surface area contributed by atoms with Crippen molar-refractivity contribution in [2.24, 2.45) is 0 Å². The van der Waals surface area contributed by atoms with Crippen LogP contribution in [-0.2, 0) is 6.61 Å². The van der Waals surface area contributed by atoms with E-state index in [2.05, 4.69) is 19.1 Å². The van der Waals surface area contributed by atoms with E-state index < -0.39 is 0 Å². The third-order valence-corrected chi connectivity index (χ3v) is 4.92. The molecular formula is C24H40O4. The van der Waals surface area contributed by atoms with Crippen LogP contribution in [0.4, 0.5) is 0 Å². The van der Waals surface area contributed by atoms with Gasteiger partial charge in [-0.25, -0.2) is 0 Å². The van der Waals surface area contributed by atoms with Crippen LogP contribution in [0.5, 0.6) is 5.75 Å². The molecule has 1 N–H and O–H groups in total. The highest BCUT2D eigenvalue weighted by molar-refractivity contribution is 5.17. The molecule has 1 aromatic rings. The molecule has 1 rings (SSSR count). The Morgan fingerprint density at radius 1 is 0.893 bits per heavy atom. The molecule has 0 spiro atoms. The van der Waals surface area contributed by atoms with E-state index in [1.807, 2.05) is 0 Å². The summed E-state index contributed by atoms with van der Waals surface area (Å²) in [6.45, 7) is 2.52. The summed E-state index contributed by atoms with van der Waals surface area (Å²) in [5.41, 5.74) is -0.236. The topological polar surface area (TPSA) is 59.7 Å². The van der Waals surface area contributed by atoms with Crippen molar-refractivity contribution in [1.82, 2.24) is 0 Å². The van der Waals surface area contributed by atoms with Gasteiger partial charge in [-0.2, -0.15) is 0 Å². The predicted molar refractivity (Wildman–Crippen MR) is 116 cm³/mol. The van der Waals surface area contributed by atoms with Gasteiger partial charge in [0.05, 0.1) is 6.61 Å². The van der Waals surface area contributed by atoms with E-state index in [0.717, 1.165) is 12.8 Å². The average molecular weight is 393 g/mol. The van der Waals surface area contributed by atoms with Crippen molar-refractivity contribution in [2.75, 3.05) is 6.61 Å². The van der Waals surface area contributed by atoms with Crippen LogP contribution in [0.15, 0.2) is 33.7 Å². The van der Waals surface area contributed by atoms with Crippen LogP contribution in [0, 0.1) is 0 Å². The molecular weight excluding hydrogens is 352 g/mol. The number of aliphatic hydroxyl groups is 1. The fraction of sp³-hybridized carbons (Fsp3) is 0.708. The molecule has 0 fully saturated rings. The van der Waals surface area contributed by atoms with Crippen LogP contribution in [0.25, 0.3) is 0 Å². The predicted octanol–water partition coefficient (Wildman–Crippen LogP) is 6.55. The molecule has 160 valence electrons. The quantitative estimate of drug-likeness (QED) is 0.227. The molecule has 0 bridgehead atoms. The Morgan fingerprint density at radius 2 is 1.46 bits per heavy atom. The van der Waals surface area contributed by atoms with Gasteiger partial charge in [0.2, 0.25) is 11.2 Å². The van der Waals surface area contributed by atoms with Gasteiger partial charge in [-0.3, -0.25) is 4.79 Å². The minimum atomic E-state index is -0.273. The second-order valence-electron chi connectivity index (χ2n) is 7.52. The van der Waals surface area contributed by atoms with Gasteiger partial charge >= 0.3 is 0 Å². The van der Waals surface area contributed by atoms with Gasteiger partial charge in [0.15, 0.2) is 0 Å². The average Bonchev–Trinajstić information content (AvgIpc) is 2.71. The lowest BCUT2D eigenvalue weighted by molar-refractivity contribution is 0.236. The third kappa shape index (κ3) is 12.8. The summed E-state index contributed by atoms with van der Waals surface area (Å²) in [6.07, 6.45) is 23.8. The molecule has 4 heteroatoms. The van der Waals surface area contributed by atoms with Crippen LogP contribution in [0.2, 0.25) is 0 Å². The van der Waals surface area contributed by atoms with Gasteiger partial charge in [0.1, 0.15) is 18.6 Å². The van der Waals surface area contributed by atoms with E-state index in [0.29, 0.717) is 6.61 Å². The van der Waals surface area contributed by atoms with Crippen molar-refractivity contribution in [3.05, 3.63) is 40.5 Å². The number of unbranched alkanes of at least 4 members (excludes halogenated alkanes) is 12. The van der Waals surface area contributed by atoms with E-state index in [9.17, 15) is 4.79 Å². The van der Waals surface area contributed by atoms with Crippen LogP contribution >= 0.6 is 0 Å². The molecule has 0 saturated carbocycles. The fourth-order valence-corrected chi connectivity index (χ4v) is 3.16. The zero-order valence-corrected chi connectivity index (χ0v) is 17.8. The van der Waals surface area contributed by atoms with E-state index in [1.165, 1.54) is 89.4 Å². The molecule has 0 aliphatic carbocycles. The molecule has 0 aromatic carbocycles. The molecule has 0 amide bonds. The molecule has 0 aliphatic heterocycles. The molecule has 0 radical (unpaired) electrons. The number of hydrogen-bond acceptors (Lipinski definition) is 4. The van der Waals surface area contributed by atoms with Gasteiger partial charge in [-0.05, 0) is 32.1 Å². The Labute approximate surface area is 171 Å². The molecule has 0 unspecified atom stereocenters. The molecule has 0 atom stereocenters. The number of allylic oxidation sites excluding steroid dienone is 2. The Hall–Kier alpha value is -1.55. The maximum Gasteiger partial charge on any atom is 0.227 e. The molecule has 28 heavy (non-hydrogen) atoms. The van der Waals surface area contributed by atoms with E-state index in [-0.39, 0.29) is 23.5 Å². The first-order chi connectivity index (χ1) is 13.8. The van der Waals surface area contributed by atoms with Crippen molar-refractivity contribution in [1.29, 1.82) is 0 Å². The van der Waals surface area contributed by atoms with Crippen LogP contribution in [0.1, 0.15) is 103 Å². The minimum Gasteiger partial charge on any atom is -0.487 e. The molecule has 4 nitrogen and oxygen atoms in total. The Kier molecular flexibility index (Phi) is 15.3. The third-order valence-electron chi connectivity index (χ3n) is 4.92. The fourth-order valence-electron chi connectivity index (χ4n) is 3.16. The van der Waals surface area contributed by atoms with Gasteiger partial charge in [-0.15, -0.1) is 0 Å². The van der Waals surface area contributed by atoms with Gasteiger partial charge in [0.25, 0.3) is 0 Å². The maximum atomic E-state index is 11.7. The van der Waals surface area contributed by atoms with Crippen LogP contribution < -0.4 is 10.2 Å². The van der Waals surface area contributed by atoms with Gasteiger partial charge in [-0.1, -0.05) is 76.9 Å². The summed E-state index contributed by atoms with van der Waals surface area (Å²) in [6, 6.07) is 1.28. The van der Waals surface area contributed by atoms with E-state index in [4.69, 9.17) is 14.3 Å². The summed E-state index contributed by atoms with van der Waals surface area (Å²) >= 11 is 0. The highest BCUT2D eigenvalue weighted by Crippen LogP contribution is 2.11. The maximum absolute atomic E-state index is 11.7. The normalized spacial score (nSPS) is 11.4. The number of rotatable bonds is 18. The van der Waals surface area contributed by atoms with E-state index in [1.54, 1.807) is 0 Å². The van der Waals surface area contributed by atoms with Crippen molar-refractivity contribution in [3.8, 4) is 5.75 Å². The van der Waals surface area contributed by atoms with Crippen molar-refractivity contribution < 1.29 is 14.3 Å². The first-order valence-corrected chi connectivity index (χ1v) is 11.3. The number of aliphatic hydroxyl groups excluding tert-OH is 1. The summed E-state index contributed by atoms with van der Waals surface area (Å²) in [7, 11) is 0. The first-order valence-electron chi connectivity index (χ1n) is 11.3. The van der Waals surface area contributed by atoms with Crippen molar-refractivity contribution in [2.45, 2.75) is 103 Å². The lowest BCUT2D eigenvalue weighted by Crippen LogP contribution is -2.09. The summed E-state index contributed by atoms with van der Waals surface area (Å²) in [4.78, 5) is 11.7. The highest BCUT2D eigenvalue weighted by atomic mass is 16.5. The summed E-state index contributed by atoms with van der Waals surface area (Å²) in [5.74, 6) is 0.486. The molecule has 1 aromatic heterocycles.